The standard InChI is InChI=1S/C16H24BrN3O/c1-3-9-18-14-12(17)13(11-6-7-11)19-15(20-14)16(2)8-4-5-10-21-16/h11H,3-10H2,1-2H3,(H,18,19,20). The molecule has 4 nitrogen and oxygen atoms in total. The van der Waals surface area contributed by atoms with Crippen molar-refractivity contribution in [3.63, 3.8) is 0 Å². The van der Waals surface area contributed by atoms with Crippen LogP contribution in [0.5, 0.6) is 0 Å². The molecule has 2 fully saturated rings. The minimum atomic E-state index is -0.328. The first-order valence-electron chi connectivity index (χ1n) is 8.10. The van der Waals surface area contributed by atoms with Crippen LogP contribution < -0.4 is 5.32 Å². The van der Waals surface area contributed by atoms with E-state index in [9.17, 15) is 0 Å². The minimum absolute atomic E-state index is 0.328. The molecule has 1 saturated heterocycles. The van der Waals surface area contributed by atoms with Crippen LogP contribution in [0, 0.1) is 0 Å². The maximum atomic E-state index is 6.04. The highest BCUT2D eigenvalue weighted by Crippen LogP contribution is 2.45. The van der Waals surface area contributed by atoms with E-state index in [1.807, 2.05) is 0 Å². The fourth-order valence-corrected chi connectivity index (χ4v) is 3.44. The van der Waals surface area contributed by atoms with E-state index in [4.69, 9.17) is 14.7 Å². The summed E-state index contributed by atoms with van der Waals surface area (Å²) in [5, 5.41) is 3.43. The van der Waals surface area contributed by atoms with Gasteiger partial charge in [-0.1, -0.05) is 6.92 Å². The first-order chi connectivity index (χ1) is 10.1. The normalized spacial score (nSPS) is 25.9. The number of rotatable bonds is 5. The molecule has 0 radical (unpaired) electrons. The Kier molecular flexibility index (Phi) is 4.50. The summed E-state index contributed by atoms with van der Waals surface area (Å²) in [6, 6.07) is 0. The fourth-order valence-electron chi connectivity index (χ4n) is 2.80. The van der Waals surface area contributed by atoms with E-state index >= 15 is 0 Å². The number of halogens is 1. The third kappa shape index (κ3) is 3.24. The lowest BCUT2D eigenvalue weighted by atomic mass is 9.95. The van der Waals surface area contributed by atoms with Gasteiger partial charge in [-0.25, -0.2) is 9.97 Å². The van der Waals surface area contributed by atoms with E-state index in [0.29, 0.717) is 5.92 Å². The molecule has 1 saturated carbocycles. The van der Waals surface area contributed by atoms with Crippen molar-refractivity contribution in [2.24, 2.45) is 0 Å². The van der Waals surface area contributed by atoms with Crippen molar-refractivity contribution in [3.05, 3.63) is 16.0 Å². The second-order valence-corrected chi connectivity index (χ2v) is 7.13. The van der Waals surface area contributed by atoms with Gasteiger partial charge in [-0.2, -0.15) is 0 Å². The smallest absolute Gasteiger partial charge is 0.162 e. The van der Waals surface area contributed by atoms with Crippen molar-refractivity contribution < 1.29 is 4.74 Å². The van der Waals surface area contributed by atoms with Crippen molar-refractivity contribution in [1.29, 1.82) is 0 Å². The molecular weight excluding hydrogens is 330 g/mol. The number of hydrogen-bond acceptors (Lipinski definition) is 4. The molecule has 116 valence electrons. The van der Waals surface area contributed by atoms with Crippen LogP contribution in [0.4, 0.5) is 5.82 Å². The van der Waals surface area contributed by atoms with E-state index in [1.165, 1.54) is 19.3 Å². The quantitative estimate of drug-likeness (QED) is 0.854. The molecule has 0 amide bonds. The van der Waals surface area contributed by atoms with E-state index < -0.39 is 0 Å². The number of nitrogens with one attached hydrogen (secondary N) is 1. The molecule has 21 heavy (non-hydrogen) atoms. The summed E-state index contributed by atoms with van der Waals surface area (Å²) in [7, 11) is 0. The number of nitrogens with zero attached hydrogens (tertiary/aromatic N) is 2. The Morgan fingerprint density at radius 1 is 1.33 bits per heavy atom. The molecule has 5 heteroatoms. The van der Waals surface area contributed by atoms with Crippen molar-refractivity contribution in [3.8, 4) is 0 Å². The first-order valence-corrected chi connectivity index (χ1v) is 8.89. The van der Waals surface area contributed by atoms with Crippen LogP contribution >= 0.6 is 15.9 Å². The molecule has 1 unspecified atom stereocenters. The summed E-state index contributed by atoms with van der Waals surface area (Å²) in [5.41, 5.74) is 0.833. The third-order valence-electron chi connectivity index (χ3n) is 4.33. The fraction of sp³-hybridized carbons (Fsp3) is 0.750. The van der Waals surface area contributed by atoms with Gasteiger partial charge in [0.25, 0.3) is 0 Å². The van der Waals surface area contributed by atoms with Gasteiger partial charge in [0, 0.05) is 19.1 Å². The van der Waals surface area contributed by atoms with Crippen molar-refractivity contribution in [2.45, 2.75) is 63.9 Å². The molecule has 0 aromatic carbocycles. The zero-order valence-corrected chi connectivity index (χ0v) is 14.5. The Balaban J connectivity index is 1.97. The van der Waals surface area contributed by atoms with Gasteiger partial charge in [0.05, 0.1) is 10.2 Å². The van der Waals surface area contributed by atoms with E-state index in [2.05, 4.69) is 35.1 Å². The number of ether oxygens (including phenoxy) is 1. The maximum absolute atomic E-state index is 6.04. The molecule has 1 atom stereocenters. The topological polar surface area (TPSA) is 47.0 Å². The van der Waals surface area contributed by atoms with Crippen LogP contribution in [-0.2, 0) is 10.3 Å². The average Bonchev–Trinajstić information content (AvgIpc) is 3.31. The largest absolute Gasteiger partial charge is 0.369 e. The van der Waals surface area contributed by atoms with E-state index in [1.54, 1.807) is 0 Å². The third-order valence-corrected chi connectivity index (χ3v) is 5.11. The van der Waals surface area contributed by atoms with Gasteiger partial charge in [0.1, 0.15) is 11.4 Å². The van der Waals surface area contributed by atoms with Gasteiger partial charge in [-0.05, 0) is 61.4 Å². The number of hydrogen-bond donors (Lipinski definition) is 1. The molecule has 3 rings (SSSR count). The summed E-state index contributed by atoms with van der Waals surface area (Å²) in [4.78, 5) is 9.66. The maximum Gasteiger partial charge on any atom is 0.162 e. The summed E-state index contributed by atoms with van der Waals surface area (Å²) in [6.07, 6.45) is 6.89. The summed E-state index contributed by atoms with van der Waals surface area (Å²) in [6.45, 7) is 6.04. The molecule has 0 bridgehead atoms. The summed E-state index contributed by atoms with van der Waals surface area (Å²) >= 11 is 3.70. The lowest BCUT2D eigenvalue weighted by molar-refractivity contribution is -0.0761. The van der Waals surface area contributed by atoms with Gasteiger partial charge in [0.15, 0.2) is 5.82 Å². The summed E-state index contributed by atoms with van der Waals surface area (Å²) < 4.78 is 7.08. The van der Waals surface area contributed by atoms with Crippen molar-refractivity contribution >= 4 is 21.7 Å². The van der Waals surface area contributed by atoms with Crippen LogP contribution in [0.15, 0.2) is 4.47 Å². The molecule has 1 aliphatic carbocycles. The van der Waals surface area contributed by atoms with E-state index in [0.717, 1.165) is 54.2 Å². The molecule has 2 heterocycles. The van der Waals surface area contributed by atoms with Crippen LogP contribution in [0.1, 0.15) is 69.8 Å². The Hall–Kier alpha value is -0.680. The van der Waals surface area contributed by atoms with Gasteiger partial charge >= 0.3 is 0 Å². The average molecular weight is 354 g/mol. The monoisotopic (exact) mass is 353 g/mol. The van der Waals surface area contributed by atoms with Crippen LogP contribution in [0.25, 0.3) is 0 Å². The zero-order chi connectivity index (χ0) is 14.9. The lowest BCUT2D eigenvalue weighted by Crippen LogP contribution is -2.33. The van der Waals surface area contributed by atoms with Crippen LogP contribution in [-0.4, -0.2) is 23.1 Å². The Bertz CT molecular complexity index is 510. The lowest BCUT2D eigenvalue weighted by Gasteiger charge is -2.33. The van der Waals surface area contributed by atoms with Gasteiger partial charge < -0.3 is 10.1 Å². The van der Waals surface area contributed by atoms with Gasteiger partial charge in [-0.15, -0.1) is 0 Å². The molecule has 1 aromatic heterocycles. The molecular formula is C16H24BrN3O. The number of anilines is 1. The number of aromatic nitrogens is 2. The minimum Gasteiger partial charge on any atom is -0.369 e. The summed E-state index contributed by atoms with van der Waals surface area (Å²) in [5.74, 6) is 2.38. The SMILES string of the molecule is CCCNc1nc(C2(C)CCCCO2)nc(C2CC2)c1Br. The second kappa shape index (κ2) is 6.21. The Morgan fingerprint density at radius 3 is 2.76 bits per heavy atom. The molecule has 1 aliphatic heterocycles. The van der Waals surface area contributed by atoms with Gasteiger partial charge in [-0.3, -0.25) is 0 Å². The molecule has 2 aliphatic rings. The second-order valence-electron chi connectivity index (χ2n) is 6.33. The first kappa shape index (κ1) is 15.2. The van der Waals surface area contributed by atoms with Crippen molar-refractivity contribution in [2.75, 3.05) is 18.5 Å². The van der Waals surface area contributed by atoms with Crippen LogP contribution in [0.3, 0.4) is 0 Å². The highest BCUT2D eigenvalue weighted by molar-refractivity contribution is 9.10. The predicted molar refractivity (Wildman–Crippen MR) is 87.6 cm³/mol. The van der Waals surface area contributed by atoms with E-state index in [-0.39, 0.29) is 5.60 Å². The predicted octanol–water partition coefficient (Wildman–Crippen LogP) is 4.35. The molecule has 1 N–H and O–H groups in total. The highest BCUT2D eigenvalue weighted by Gasteiger charge is 2.36. The molecule has 1 aromatic rings. The van der Waals surface area contributed by atoms with Crippen LogP contribution in [0.2, 0.25) is 0 Å². The Labute approximate surface area is 135 Å². The zero-order valence-electron chi connectivity index (χ0n) is 12.9. The molecule has 0 spiro atoms. The van der Waals surface area contributed by atoms with Crippen molar-refractivity contribution in [1.82, 2.24) is 9.97 Å². The Morgan fingerprint density at radius 2 is 2.14 bits per heavy atom. The highest BCUT2D eigenvalue weighted by atomic mass is 79.9. The van der Waals surface area contributed by atoms with Gasteiger partial charge in [0.2, 0.25) is 0 Å².